The number of piperazine rings is 1. The minimum Gasteiger partial charge on any atom is -0.336 e. The van der Waals surface area contributed by atoms with Crippen LogP contribution >= 0.6 is 0 Å². The van der Waals surface area contributed by atoms with E-state index in [0.29, 0.717) is 5.57 Å². The predicted octanol–water partition coefficient (Wildman–Crippen LogP) is 2.53. The van der Waals surface area contributed by atoms with E-state index >= 15 is 0 Å². The van der Waals surface area contributed by atoms with Crippen LogP contribution < -0.4 is 0 Å². The molecule has 0 atom stereocenters. The minimum absolute atomic E-state index is 0.00372. The third kappa shape index (κ3) is 4.68. The molecule has 0 aromatic carbocycles. The molecule has 20 heavy (non-hydrogen) atoms. The van der Waals surface area contributed by atoms with Crippen molar-refractivity contribution >= 4 is 5.91 Å². The maximum absolute atomic E-state index is 12.5. The second kappa shape index (κ2) is 6.01. The molecule has 1 heterocycles. The molecular formula is C17H28N2O. The van der Waals surface area contributed by atoms with Gasteiger partial charge >= 0.3 is 0 Å². The predicted molar refractivity (Wildman–Crippen MR) is 84.3 cm³/mol. The smallest absolute Gasteiger partial charge is 0.262 e. The molecule has 0 aromatic rings. The van der Waals surface area contributed by atoms with Gasteiger partial charge in [-0.3, -0.25) is 9.69 Å². The number of hydrogen-bond acceptors (Lipinski definition) is 2. The fourth-order valence-electron chi connectivity index (χ4n) is 2.35. The molecule has 0 unspecified atom stereocenters. The van der Waals surface area contributed by atoms with Crippen molar-refractivity contribution in [2.45, 2.75) is 47.1 Å². The Morgan fingerprint density at radius 3 is 1.90 bits per heavy atom. The molecule has 3 heteroatoms. The first-order valence-electron chi connectivity index (χ1n) is 7.28. The molecule has 3 nitrogen and oxygen atoms in total. The maximum Gasteiger partial charge on any atom is 0.262 e. The van der Waals surface area contributed by atoms with Gasteiger partial charge in [-0.05, 0) is 26.2 Å². The lowest BCUT2D eigenvalue weighted by molar-refractivity contribution is -0.129. The molecule has 0 saturated carbocycles. The SMILES string of the molecule is C#CC(=CC(C)(C)C)C(=O)N1CCN(C(C)(C)C)CC1. The van der Waals surface area contributed by atoms with Gasteiger partial charge in [0.2, 0.25) is 0 Å². The zero-order chi connectivity index (χ0) is 15.6. The Labute approximate surface area is 124 Å². The molecule has 0 spiro atoms. The number of rotatable bonds is 1. The second-order valence-corrected chi connectivity index (χ2v) is 7.52. The molecule has 1 amide bonds. The van der Waals surface area contributed by atoms with Gasteiger partial charge in [-0.25, -0.2) is 0 Å². The summed E-state index contributed by atoms with van der Waals surface area (Å²) < 4.78 is 0. The van der Waals surface area contributed by atoms with Gasteiger partial charge in [-0.2, -0.15) is 0 Å². The van der Waals surface area contributed by atoms with Gasteiger partial charge in [0.15, 0.2) is 0 Å². The van der Waals surface area contributed by atoms with Crippen LogP contribution in [0.5, 0.6) is 0 Å². The quantitative estimate of drug-likeness (QED) is 0.543. The summed E-state index contributed by atoms with van der Waals surface area (Å²) in [5.74, 6) is 2.55. The molecule has 0 aromatic heterocycles. The van der Waals surface area contributed by atoms with Gasteiger partial charge in [0.25, 0.3) is 5.91 Å². The summed E-state index contributed by atoms with van der Waals surface area (Å²) in [4.78, 5) is 16.7. The molecule has 0 aliphatic carbocycles. The fraction of sp³-hybridized carbons (Fsp3) is 0.706. The third-order valence-electron chi connectivity index (χ3n) is 3.48. The van der Waals surface area contributed by atoms with Crippen molar-refractivity contribution in [3.05, 3.63) is 11.6 Å². The van der Waals surface area contributed by atoms with Crippen LogP contribution in [0.2, 0.25) is 0 Å². The summed E-state index contributed by atoms with van der Waals surface area (Å²) in [7, 11) is 0. The Morgan fingerprint density at radius 1 is 1.05 bits per heavy atom. The van der Waals surface area contributed by atoms with Crippen molar-refractivity contribution < 1.29 is 4.79 Å². The first-order valence-corrected chi connectivity index (χ1v) is 7.28. The van der Waals surface area contributed by atoms with Crippen LogP contribution in [0.15, 0.2) is 11.6 Å². The van der Waals surface area contributed by atoms with E-state index in [-0.39, 0.29) is 16.9 Å². The number of allylic oxidation sites excluding steroid dienone is 1. The first-order chi connectivity index (χ1) is 9.04. The standard InChI is InChI=1S/C17H28N2O/c1-8-14(13-16(2,3)4)15(20)18-9-11-19(12-10-18)17(5,6)7/h1,13H,9-12H2,2-7H3. The average molecular weight is 276 g/mol. The summed E-state index contributed by atoms with van der Waals surface area (Å²) >= 11 is 0. The van der Waals surface area contributed by atoms with Crippen LogP contribution in [0.3, 0.4) is 0 Å². The highest BCUT2D eigenvalue weighted by Gasteiger charge is 2.28. The Balaban J connectivity index is 2.72. The van der Waals surface area contributed by atoms with E-state index in [1.165, 1.54) is 0 Å². The molecule has 0 N–H and O–H groups in total. The Kier molecular flexibility index (Phi) is 5.05. The number of carbonyl (C=O) groups is 1. The van der Waals surface area contributed by atoms with Gasteiger partial charge < -0.3 is 4.90 Å². The summed E-state index contributed by atoms with van der Waals surface area (Å²) in [5.41, 5.74) is 0.567. The van der Waals surface area contributed by atoms with Crippen LogP contribution in [-0.4, -0.2) is 47.4 Å². The monoisotopic (exact) mass is 276 g/mol. The fourth-order valence-corrected chi connectivity index (χ4v) is 2.35. The van der Waals surface area contributed by atoms with E-state index in [1.54, 1.807) is 0 Å². The van der Waals surface area contributed by atoms with Crippen LogP contribution in [0.4, 0.5) is 0 Å². The van der Waals surface area contributed by atoms with Crippen molar-refractivity contribution in [2.75, 3.05) is 26.2 Å². The molecule has 0 radical (unpaired) electrons. The highest BCUT2D eigenvalue weighted by Crippen LogP contribution is 2.20. The van der Waals surface area contributed by atoms with Crippen molar-refractivity contribution in [1.82, 2.24) is 9.80 Å². The largest absolute Gasteiger partial charge is 0.336 e. The molecule has 1 aliphatic heterocycles. The molecule has 1 aliphatic rings. The van der Waals surface area contributed by atoms with E-state index in [1.807, 2.05) is 11.0 Å². The second-order valence-electron chi connectivity index (χ2n) is 7.52. The van der Waals surface area contributed by atoms with E-state index < -0.39 is 0 Å². The lowest BCUT2D eigenvalue weighted by Gasteiger charge is -2.42. The van der Waals surface area contributed by atoms with E-state index in [2.05, 4.69) is 52.4 Å². The Hall–Kier alpha value is -1.27. The van der Waals surface area contributed by atoms with Gasteiger partial charge in [-0.15, -0.1) is 6.42 Å². The van der Waals surface area contributed by atoms with Crippen LogP contribution in [-0.2, 0) is 4.79 Å². The van der Waals surface area contributed by atoms with Crippen molar-refractivity contribution in [2.24, 2.45) is 5.41 Å². The van der Waals surface area contributed by atoms with Gasteiger partial charge in [-0.1, -0.05) is 32.8 Å². The Bertz CT molecular complexity index is 421. The molecular weight excluding hydrogens is 248 g/mol. The highest BCUT2D eigenvalue weighted by atomic mass is 16.2. The van der Waals surface area contributed by atoms with E-state index in [4.69, 9.17) is 6.42 Å². The van der Waals surface area contributed by atoms with E-state index in [9.17, 15) is 4.79 Å². The van der Waals surface area contributed by atoms with Crippen LogP contribution in [0, 0.1) is 17.8 Å². The summed E-state index contributed by atoms with van der Waals surface area (Å²) in [6, 6.07) is 0. The molecule has 0 bridgehead atoms. The van der Waals surface area contributed by atoms with Gasteiger partial charge in [0.05, 0.1) is 5.57 Å². The molecule has 112 valence electrons. The highest BCUT2D eigenvalue weighted by molar-refractivity contribution is 5.97. The van der Waals surface area contributed by atoms with Crippen LogP contribution in [0.1, 0.15) is 41.5 Å². The summed E-state index contributed by atoms with van der Waals surface area (Å²) in [6.07, 6.45) is 7.40. The Morgan fingerprint density at radius 2 is 1.55 bits per heavy atom. The van der Waals surface area contributed by atoms with Gasteiger partial charge in [0, 0.05) is 31.7 Å². The number of terminal acetylenes is 1. The minimum atomic E-state index is -0.0788. The number of carbonyl (C=O) groups excluding carboxylic acids is 1. The average Bonchev–Trinajstić information content (AvgIpc) is 2.33. The molecule has 1 saturated heterocycles. The molecule has 1 rings (SSSR count). The number of amides is 1. The topological polar surface area (TPSA) is 23.6 Å². The summed E-state index contributed by atoms with van der Waals surface area (Å²) in [5, 5.41) is 0. The summed E-state index contributed by atoms with van der Waals surface area (Å²) in [6.45, 7) is 16.1. The maximum atomic E-state index is 12.5. The van der Waals surface area contributed by atoms with Crippen molar-refractivity contribution in [1.29, 1.82) is 0 Å². The number of hydrogen-bond donors (Lipinski definition) is 0. The zero-order valence-corrected chi connectivity index (χ0v) is 13.8. The normalized spacial score (nSPS) is 18.9. The third-order valence-corrected chi connectivity index (χ3v) is 3.48. The van der Waals surface area contributed by atoms with E-state index in [0.717, 1.165) is 26.2 Å². The van der Waals surface area contributed by atoms with Crippen molar-refractivity contribution in [3.63, 3.8) is 0 Å². The molecule has 1 fully saturated rings. The number of nitrogens with zero attached hydrogens (tertiary/aromatic N) is 2. The zero-order valence-electron chi connectivity index (χ0n) is 13.8. The van der Waals surface area contributed by atoms with Crippen LogP contribution in [0.25, 0.3) is 0 Å². The van der Waals surface area contributed by atoms with Gasteiger partial charge in [0.1, 0.15) is 0 Å². The van der Waals surface area contributed by atoms with Crippen molar-refractivity contribution in [3.8, 4) is 12.3 Å². The first kappa shape index (κ1) is 16.8. The lowest BCUT2D eigenvalue weighted by Crippen LogP contribution is -2.54. The lowest BCUT2D eigenvalue weighted by atomic mass is 9.93.